The van der Waals surface area contributed by atoms with Crippen molar-refractivity contribution < 1.29 is 9.59 Å². The van der Waals surface area contributed by atoms with Gasteiger partial charge in [-0.25, -0.2) is 0 Å². The Bertz CT molecular complexity index is 507. The summed E-state index contributed by atoms with van der Waals surface area (Å²) in [4.78, 5) is 24.4. The Hall–Kier alpha value is -1.90. The molecule has 19 heavy (non-hydrogen) atoms. The number of benzene rings is 1. The molecule has 1 aliphatic carbocycles. The molecule has 2 atom stereocenters. The topological polar surface area (TPSA) is 46.2 Å². The molecular weight excluding hydrogens is 238 g/mol. The van der Waals surface area contributed by atoms with Crippen LogP contribution in [0.4, 0.5) is 0 Å². The van der Waals surface area contributed by atoms with Gasteiger partial charge in [-0.2, -0.15) is 0 Å². The van der Waals surface area contributed by atoms with Gasteiger partial charge < -0.3 is 5.32 Å². The zero-order valence-electron chi connectivity index (χ0n) is 11.2. The van der Waals surface area contributed by atoms with Crippen molar-refractivity contribution in [1.29, 1.82) is 0 Å². The Kier molecular flexibility index (Phi) is 4.15. The van der Waals surface area contributed by atoms with E-state index in [0.717, 1.165) is 24.0 Å². The van der Waals surface area contributed by atoms with Gasteiger partial charge in [0, 0.05) is 23.9 Å². The average molecular weight is 257 g/mol. The van der Waals surface area contributed by atoms with Crippen LogP contribution in [0.15, 0.2) is 36.9 Å². The maximum Gasteiger partial charge on any atom is 0.223 e. The first-order valence-corrected chi connectivity index (χ1v) is 6.66. The van der Waals surface area contributed by atoms with E-state index < -0.39 is 0 Å². The van der Waals surface area contributed by atoms with Crippen LogP contribution in [0.3, 0.4) is 0 Å². The van der Waals surface area contributed by atoms with E-state index in [2.05, 4.69) is 11.9 Å². The molecular formula is C16H19NO2. The van der Waals surface area contributed by atoms with Gasteiger partial charge in [-0.05, 0) is 18.4 Å². The number of Topliss-reactive ketones (excluding diaryl/α,β-unsaturated/α-hetero) is 1. The number of fused-ring (bicyclic) bond motifs is 1. The highest BCUT2D eigenvalue weighted by Gasteiger charge is 2.34. The lowest BCUT2D eigenvalue weighted by molar-refractivity contribution is -0.125. The molecule has 0 saturated heterocycles. The lowest BCUT2D eigenvalue weighted by atomic mass is 9.76. The zero-order valence-corrected chi connectivity index (χ0v) is 11.2. The van der Waals surface area contributed by atoms with E-state index >= 15 is 0 Å². The monoisotopic (exact) mass is 257 g/mol. The fourth-order valence-electron chi connectivity index (χ4n) is 2.61. The van der Waals surface area contributed by atoms with Crippen LogP contribution in [0.2, 0.25) is 0 Å². The van der Waals surface area contributed by atoms with Crippen molar-refractivity contribution in [3.05, 3.63) is 48.0 Å². The van der Waals surface area contributed by atoms with E-state index in [0.29, 0.717) is 6.54 Å². The number of amides is 1. The van der Waals surface area contributed by atoms with Crippen LogP contribution in [0, 0.1) is 11.8 Å². The quantitative estimate of drug-likeness (QED) is 0.842. The van der Waals surface area contributed by atoms with Gasteiger partial charge in [0.05, 0.1) is 0 Å². The molecule has 3 nitrogen and oxygen atoms in total. The Morgan fingerprint density at radius 3 is 3.00 bits per heavy atom. The van der Waals surface area contributed by atoms with Gasteiger partial charge in [0.15, 0.2) is 5.78 Å². The van der Waals surface area contributed by atoms with Crippen molar-refractivity contribution in [2.75, 3.05) is 6.54 Å². The third-order valence-electron chi connectivity index (χ3n) is 3.78. The Labute approximate surface area is 113 Å². The summed E-state index contributed by atoms with van der Waals surface area (Å²) in [7, 11) is 0. The molecule has 0 saturated carbocycles. The van der Waals surface area contributed by atoms with E-state index in [4.69, 9.17) is 0 Å². The zero-order chi connectivity index (χ0) is 13.8. The predicted molar refractivity (Wildman–Crippen MR) is 75.0 cm³/mol. The van der Waals surface area contributed by atoms with Gasteiger partial charge in [0.2, 0.25) is 5.91 Å². The molecule has 0 bridgehead atoms. The summed E-state index contributed by atoms with van der Waals surface area (Å²) in [5.41, 5.74) is 1.88. The summed E-state index contributed by atoms with van der Waals surface area (Å²) in [5.74, 6) is -0.471. The number of hydrogen-bond acceptors (Lipinski definition) is 2. The van der Waals surface area contributed by atoms with Gasteiger partial charge >= 0.3 is 0 Å². The maximum absolute atomic E-state index is 12.4. The minimum Gasteiger partial charge on any atom is -0.352 e. The molecule has 2 unspecified atom stereocenters. The van der Waals surface area contributed by atoms with Crippen molar-refractivity contribution in [1.82, 2.24) is 5.32 Å². The summed E-state index contributed by atoms with van der Waals surface area (Å²) in [6, 6.07) is 7.68. The van der Waals surface area contributed by atoms with Gasteiger partial charge in [-0.15, -0.1) is 6.58 Å². The Morgan fingerprint density at radius 2 is 2.26 bits per heavy atom. The number of carbonyl (C=O) groups is 2. The summed E-state index contributed by atoms with van der Waals surface area (Å²) >= 11 is 0. The molecule has 1 aliphatic rings. The Morgan fingerprint density at radius 1 is 1.53 bits per heavy atom. The van der Waals surface area contributed by atoms with Crippen molar-refractivity contribution in [2.45, 2.75) is 19.8 Å². The summed E-state index contributed by atoms with van der Waals surface area (Å²) < 4.78 is 0. The smallest absolute Gasteiger partial charge is 0.223 e. The number of aryl methyl sites for hydroxylation is 1. The second-order valence-electron chi connectivity index (χ2n) is 4.99. The third-order valence-corrected chi connectivity index (χ3v) is 3.78. The fourth-order valence-corrected chi connectivity index (χ4v) is 2.61. The summed E-state index contributed by atoms with van der Waals surface area (Å²) in [6.45, 7) is 5.84. The molecule has 0 aromatic heterocycles. The third kappa shape index (κ3) is 2.75. The first-order chi connectivity index (χ1) is 9.15. The van der Waals surface area contributed by atoms with E-state index in [-0.39, 0.29) is 23.5 Å². The molecule has 0 fully saturated rings. The summed E-state index contributed by atoms with van der Waals surface area (Å²) in [5, 5.41) is 2.76. The summed E-state index contributed by atoms with van der Waals surface area (Å²) in [6.07, 6.45) is 3.26. The largest absolute Gasteiger partial charge is 0.352 e. The van der Waals surface area contributed by atoms with E-state index in [1.54, 1.807) is 6.08 Å². The van der Waals surface area contributed by atoms with Crippen molar-refractivity contribution in [2.24, 2.45) is 11.8 Å². The standard InChI is InChI=1S/C16H19NO2/c1-3-10-17-16(19)11(2)13-9-8-12-6-4-5-7-14(12)15(13)18/h3-7,11,13H,1,8-10H2,2H3,(H,17,19). The molecule has 0 radical (unpaired) electrons. The maximum atomic E-state index is 12.4. The van der Waals surface area contributed by atoms with E-state index in [1.165, 1.54) is 0 Å². The van der Waals surface area contributed by atoms with Crippen LogP contribution >= 0.6 is 0 Å². The van der Waals surface area contributed by atoms with Crippen LogP contribution in [-0.4, -0.2) is 18.2 Å². The number of carbonyl (C=O) groups excluding carboxylic acids is 2. The number of ketones is 1. The molecule has 0 heterocycles. The molecule has 2 rings (SSSR count). The molecule has 1 N–H and O–H groups in total. The van der Waals surface area contributed by atoms with Gasteiger partial charge in [0.25, 0.3) is 0 Å². The molecule has 0 spiro atoms. The van der Waals surface area contributed by atoms with Gasteiger partial charge in [-0.3, -0.25) is 9.59 Å². The fraction of sp³-hybridized carbons (Fsp3) is 0.375. The number of hydrogen-bond donors (Lipinski definition) is 1. The molecule has 100 valence electrons. The van der Waals surface area contributed by atoms with Crippen LogP contribution in [0.5, 0.6) is 0 Å². The second kappa shape index (κ2) is 5.83. The van der Waals surface area contributed by atoms with E-state index in [1.807, 2.05) is 31.2 Å². The molecule has 1 aromatic carbocycles. The Balaban J connectivity index is 2.13. The van der Waals surface area contributed by atoms with Crippen LogP contribution in [0.1, 0.15) is 29.3 Å². The second-order valence-corrected chi connectivity index (χ2v) is 4.99. The van der Waals surface area contributed by atoms with Gasteiger partial charge in [0.1, 0.15) is 0 Å². The first-order valence-electron chi connectivity index (χ1n) is 6.66. The molecule has 1 aromatic rings. The van der Waals surface area contributed by atoms with Crippen molar-refractivity contribution >= 4 is 11.7 Å². The number of nitrogens with one attached hydrogen (secondary N) is 1. The van der Waals surface area contributed by atoms with Crippen molar-refractivity contribution in [3.8, 4) is 0 Å². The minimum absolute atomic E-state index is 0.0716. The van der Waals surface area contributed by atoms with Crippen LogP contribution in [-0.2, 0) is 11.2 Å². The number of rotatable bonds is 4. The minimum atomic E-state index is -0.291. The van der Waals surface area contributed by atoms with Crippen LogP contribution in [0.25, 0.3) is 0 Å². The van der Waals surface area contributed by atoms with Crippen LogP contribution < -0.4 is 5.32 Å². The molecule has 0 aliphatic heterocycles. The highest BCUT2D eigenvalue weighted by Crippen LogP contribution is 2.30. The first kappa shape index (κ1) is 13.5. The molecule has 3 heteroatoms. The predicted octanol–water partition coefficient (Wildman–Crippen LogP) is 2.37. The average Bonchev–Trinajstić information content (AvgIpc) is 2.44. The van der Waals surface area contributed by atoms with Gasteiger partial charge in [-0.1, -0.05) is 37.3 Å². The lowest BCUT2D eigenvalue weighted by Crippen LogP contribution is -2.38. The highest BCUT2D eigenvalue weighted by atomic mass is 16.2. The van der Waals surface area contributed by atoms with Crippen molar-refractivity contribution in [3.63, 3.8) is 0 Å². The van der Waals surface area contributed by atoms with E-state index in [9.17, 15) is 9.59 Å². The normalized spacial score (nSPS) is 19.4. The highest BCUT2D eigenvalue weighted by molar-refractivity contribution is 6.02. The lowest BCUT2D eigenvalue weighted by Gasteiger charge is -2.27. The SMILES string of the molecule is C=CCNC(=O)C(C)C1CCc2ccccc2C1=O. The molecule has 1 amide bonds.